The molecule has 2 aromatic carbocycles. The second kappa shape index (κ2) is 9.68. The lowest BCUT2D eigenvalue weighted by molar-refractivity contribution is -0.134. The zero-order valence-corrected chi connectivity index (χ0v) is 18.7. The summed E-state index contributed by atoms with van der Waals surface area (Å²) in [6.45, 7) is 9.56. The van der Waals surface area contributed by atoms with Gasteiger partial charge in [-0.1, -0.05) is 55.3 Å². The number of hydrogen-bond donors (Lipinski definition) is 0. The van der Waals surface area contributed by atoms with Gasteiger partial charge < -0.3 is 4.90 Å². The number of fused-ring (bicyclic) bond motifs is 1. The minimum absolute atomic E-state index is 0.319. The van der Waals surface area contributed by atoms with E-state index in [2.05, 4.69) is 62.1 Å². The van der Waals surface area contributed by atoms with Crippen molar-refractivity contribution in [3.63, 3.8) is 0 Å². The Morgan fingerprint density at radius 1 is 0.774 bits per heavy atom. The second-order valence-electron chi connectivity index (χ2n) is 9.55. The largest absolute Gasteiger partial charge is 0.339 e. The Balaban J connectivity index is 1.08. The van der Waals surface area contributed by atoms with Crippen molar-refractivity contribution in [1.82, 2.24) is 19.6 Å². The molecular weight excluding hydrogens is 384 g/mol. The van der Waals surface area contributed by atoms with Crippen LogP contribution in [0.3, 0.4) is 0 Å². The van der Waals surface area contributed by atoms with Gasteiger partial charge in [-0.05, 0) is 29.2 Å². The molecule has 2 saturated heterocycles. The number of nitrogens with zero attached hydrogens (tertiary/aromatic N) is 4. The van der Waals surface area contributed by atoms with Gasteiger partial charge in [0, 0.05) is 64.9 Å². The zero-order valence-electron chi connectivity index (χ0n) is 18.7. The van der Waals surface area contributed by atoms with Crippen LogP contribution in [0.15, 0.2) is 42.5 Å². The summed E-state index contributed by atoms with van der Waals surface area (Å²) in [6.07, 6.45) is 5.55. The monoisotopic (exact) mass is 420 g/mol. The van der Waals surface area contributed by atoms with Gasteiger partial charge in [0.1, 0.15) is 0 Å². The molecular formula is C26H36N4O. The summed E-state index contributed by atoms with van der Waals surface area (Å²) >= 11 is 0. The Labute approximate surface area is 186 Å². The van der Waals surface area contributed by atoms with E-state index >= 15 is 0 Å². The molecule has 3 aliphatic rings. The van der Waals surface area contributed by atoms with Crippen molar-refractivity contribution in [2.45, 2.75) is 38.3 Å². The van der Waals surface area contributed by atoms with E-state index in [1.807, 2.05) is 0 Å². The lowest BCUT2D eigenvalue weighted by atomic mass is 10.0. The summed E-state index contributed by atoms with van der Waals surface area (Å²) in [5.74, 6) is 0.319. The average Bonchev–Trinajstić information content (AvgIpc) is 3.35. The average molecular weight is 421 g/mol. The third-order valence-corrected chi connectivity index (χ3v) is 7.61. The molecule has 2 aromatic rings. The molecule has 2 heterocycles. The molecule has 5 nitrogen and oxygen atoms in total. The second-order valence-corrected chi connectivity index (χ2v) is 9.55. The van der Waals surface area contributed by atoms with E-state index in [0.717, 1.165) is 64.9 Å². The van der Waals surface area contributed by atoms with E-state index in [1.165, 1.54) is 42.0 Å². The van der Waals surface area contributed by atoms with E-state index in [-0.39, 0.29) is 0 Å². The molecule has 1 amide bonds. The zero-order chi connectivity index (χ0) is 21.0. The van der Waals surface area contributed by atoms with Crippen molar-refractivity contribution in [3.8, 4) is 0 Å². The van der Waals surface area contributed by atoms with Gasteiger partial charge in [-0.15, -0.1) is 0 Å². The summed E-state index contributed by atoms with van der Waals surface area (Å²) in [6, 6.07) is 16.0. The fraction of sp³-hybridized carbons (Fsp3) is 0.577. The van der Waals surface area contributed by atoms with Gasteiger partial charge in [-0.3, -0.25) is 19.5 Å². The molecule has 0 spiro atoms. The highest BCUT2D eigenvalue weighted by Gasteiger charge is 2.28. The number of rotatable bonds is 5. The van der Waals surface area contributed by atoms with Crippen molar-refractivity contribution in [1.29, 1.82) is 0 Å². The van der Waals surface area contributed by atoms with Crippen molar-refractivity contribution in [3.05, 3.63) is 48.0 Å². The SMILES string of the molecule is O=C(CN1CCN(C2CCCC2)CC1)N1CCN(Cc2cccc3ccccc23)CC1. The summed E-state index contributed by atoms with van der Waals surface area (Å²) in [5, 5.41) is 2.65. The minimum Gasteiger partial charge on any atom is -0.339 e. The maximum absolute atomic E-state index is 12.9. The first-order valence-electron chi connectivity index (χ1n) is 12.2. The van der Waals surface area contributed by atoms with Gasteiger partial charge in [-0.2, -0.15) is 0 Å². The van der Waals surface area contributed by atoms with Gasteiger partial charge in [-0.25, -0.2) is 0 Å². The Kier molecular flexibility index (Phi) is 6.53. The molecule has 0 unspecified atom stereocenters. The number of carbonyl (C=O) groups is 1. The fourth-order valence-electron chi connectivity index (χ4n) is 5.67. The van der Waals surface area contributed by atoms with E-state index in [0.29, 0.717) is 12.5 Å². The lowest BCUT2D eigenvalue weighted by Crippen LogP contribution is -2.54. The minimum atomic E-state index is 0.319. The van der Waals surface area contributed by atoms with Crippen LogP contribution in [0.25, 0.3) is 10.8 Å². The molecule has 0 radical (unpaired) electrons. The molecule has 0 bridgehead atoms. The predicted octanol–water partition coefficient (Wildman–Crippen LogP) is 3.04. The molecule has 3 fully saturated rings. The molecule has 5 rings (SSSR count). The molecule has 31 heavy (non-hydrogen) atoms. The smallest absolute Gasteiger partial charge is 0.236 e. The van der Waals surface area contributed by atoms with Crippen LogP contribution in [-0.4, -0.2) is 90.5 Å². The molecule has 0 atom stereocenters. The Morgan fingerprint density at radius 2 is 1.45 bits per heavy atom. The predicted molar refractivity (Wildman–Crippen MR) is 126 cm³/mol. The van der Waals surface area contributed by atoms with Crippen LogP contribution in [0.2, 0.25) is 0 Å². The molecule has 1 saturated carbocycles. The van der Waals surface area contributed by atoms with E-state index in [9.17, 15) is 4.79 Å². The van der Waals surface area contributed by atoms with Gasteiger partial charge >= 0.3 is 0 Å². The standard InChI is InChI=1S/C26H36N4O/c31-26(21-28-12-16-29(17-13-28)24-9-2-3-10-24)30-18-14-27(15-19-30)20-23-8-5-7-22-6-1-4-11-25(22)23/h1,4-8,11,24H,2-3,9-10,12-21H2. The first-order valence-corrected chi connectivity index (χ1v) is 12.2. The molecule has 5 heteroatoms. The van der Waals surface area contributed by atoms with Crippen LogP contribution in [0.1, 0.15) is 31.2 Å². The first-order chi connectivity index (χ1) is 15.3. The Bertz CT molecular complexity index is 873. The third kappa shape index (κ3) is 4.94. The van der Waals surface area contributed by atoms with Crippen LogP contribution in [-0.2, 0) is 11.3 Å². The number of piperazine rings is 2. The summed E-state index contributed by atoms with van der Waals surface area (Å²) in [5.41, 5.74) is 1.39. The molecule has 0 aromatic heterocycles. The Morgan fingerprint density at radius 3 is 2.23 bits per heavy atom. The van der Waals surface area contributed by atoms with Crippen LogP contribution in [0, 0.1) is 0 Å². The maximum Gasteiger partial charge on any atom is 0.236 e. The third-order valence-electron chi connectivity index (χ3n) is 7.61. The highest BCUT2D eigenvalue weighted by atomic mass is 16.2. The summed E-state index contributed by atoms with van der Waals surface area (Å²) in [7, 11) is 0. The highest BCUT2D eigenvalue weighted by Crippen LogP contribution is 2.24. The van der Waals surface area contributed by atoms with Crippen molar-refractivity contribution < 1.29 is 4.79 Å². The Hall–Kier alpha value is -1.95. The molecule has 166 valence electrons. The van der Waals surface area contributed by atoms with Gasteiger partial charge in [0.15, 0.2) is 0 Å². The number of carbonyl (C=O) groups excluding carboxylic acids is 1. The number of benzene rings is 2. The van der Waals surface area contributed by atoms with Crippen molar-refractivity contribution in [2.75, 3.05) is 58.9 Å². The van der Waals surface area contributed by atoms with Gasteiger partial charge in [0.2, 0.25) is 5.91 Å². The highest BCUT2D eigenvalue weighted by molar-refractivity contribution is 5.85. The summed E-state index contributed by atoms with van der Waals surface area (Å²) in [4.78, 5) is 22.5. The summed E-state index contributed by atoms with van der Waals surface area (Å²) < 4.78 is 0. The van der Waals surface area contributed by atoms with Crippen LogP contribution >= 0.6 is 0 Å². The first kappa shape index (κ1) is 20.9. The molecule has 0 N–H and O–H groups in total. The van der Waals surface area contributed by atoms with Crippen LogP contribution in [0.4, 0.5) is 0 Å². The normalized spacial score (nSPS) is 22.4. The number of amides is 1. The van der Waals surface area contributed by atoms with Gasteiger partial charge in [0.25, 0.3) is 0 Å². The lowest BCUT2D eigenvalue weighted by Gasteiger charge is -2.39. The molecule has 2 aliphatic heterocycles. The maximum atomic E-state index is 12.9. The fourth-order valence-corrected chi connectivity index (χ4v) is 5.67. The van der Waals surface area contributed by atoms with Crippen LogP contribution in [0.5, 0.6) is 0 Å². The number of hydrogen-bond acceptors (Lipinski definition) is 4. The van der Waals surface area contributed by atoms with E-state index in [1.54, 1.807) is 0 Å². The van der Waals surface area contributed by atoms with Gasteiger partial charge in [0.05, 0.1) is 6.54 Å². The van der Waals surface area contributed by atoms with Crippen molar-refractivity contribution in [2.24, 2.45) is 0 Å². The van der Waals surface area contributed by atoms with E-state index < -0.39 is 0 Å². The van der Waals surface area contributed by atoms with Crippen LogP contribution < -0.4 is 0 Å². The molecule has 1 aliphatic carbocycles. The quantitative estimate of drug-likeness (QED) is 0.744. The van der Waals surface area contributed by atoms with E-state index in [4.69, 9.17) is 0 Å². The van der Waals surface area contributed by atoms with Crippen molar-refractivity contribution >= 4 is 16.7 Å². The topological polar surface area (TPSA) is 30.0 Å².